The molecule has 1 fully saturated rings. The number of benzene rings is 2. The zero-order valence-corrected chi connectivity index (χ0v) is 21.7. The number of rotatable bonds is 5. The number of hydrogen-bond acceptors (Lipinski definition) is 5. The van der Waals surface area contributed by atoms with Crippen molar-refractivity contribution >= 4 is 97.4 Å². The van der Waals surface area contributed by atoms with Gasteiger partial charge in [0.25, 0.3) is 11.1 Å². The molecule has 1 N–H and O–H groups in total. The predicted octanol–water partition coefficient (Wildman–Crippen LogP) is 5.54. The zero-order chi connectivity index (χ0) is 22.0. The van der Waals surface area contributed by atoms with Crippen molar-refractivity contribution in [2.24, 2.45) is 0 Å². The Bertz CT molecular complexity index is 1090. The molecule has 3 amide bonds. The van der Waals surface area contributed by atoms with Gasteiger partial charge in [-0.3, -0.25) is 19.3 Å². The molecule has 2 aromatic carbocycles. The van der Waals surface area contributed by atoms with Gasteiger partial charge in [-0.15, -0.1) is 0 Å². The molecule has 0 spiro atoms. The predicted molar refractivity (Wildman–Crippen MR) is 136 cm³/mol. The third-order valence-electron chi connectivity index (χ3n) is 4.16. The molecule has 0 atom stereocenters. The molecule has 1 saturated heterocycles. The lowest BCUT2D eigenvalue weighted by Crippen LogP contribution is -2.36. The van der Waals surface area contributed by atoms with Gasteiger partial charge in [-0.05, 0) is 99.8 Å². The molecule has 0 radical (unpaired) electrons. The van der Waals surface area contributed by atoms with Crippen LogP contribution in [0.4, 0.5) is 10.5 Å². The second-order valence-electron chi connectivity index (χ2n) is 6.29. The van der Waals surface area contributed by atoms with Crippen molar-refractivity contribution in [3.63, 3.8) is 0 Å². The number of hydrogen-bond donors (Lipinski definition) is 1. The maximum Gasteiger partial charge on any atom is 0.294 e. The molecule has 0 aliphatic carbocycles. The van der Waals surface area contributed by atoms with Crippen molar-refractivity contribution in [2.75, 3.05) is 19.0 Å². The van der Waals surface area contributed by atoms with E-state index in [0.717, 1.165) is 29.4 Å². The molecular weight excluding hydrogens is 654 g/mol. The number of halogens is 3. The van der Waals surface area contributed by atoms with Crippen molar-refractivity contribution < 1.29 is 19.1 Å². The van der Waals surface area contributed by atoms with Crippen LogP contribution < -0.4 is 10.1 Å². The van der Waals surface area contributed by atoms with Gasteiger partial charge in [0.2, 0.25) is 5.91 Å². The van der Waals surface area contributed by atoms with Gasteiger partial charge >= 0.3 is 0 Å². The number of carbonyl (C=O) groups is 3. The summed E-state index contributed by atoms with van der Waals surface area (Å²) in [5.41, 5.74) is 2.07. The highest BCUT2D eigenvalue weighted by Gasteiger charge is 2.36. The highest BCUT2D eigenvalue weighted by atomic mass is 127. The van der Waals surface area contributed by atoms with Crippen molar-refractivity contribution in [3.8, 4) is 5.75 Å². The number of nitrogens with one attached hydrogen (secondary N) is 1. The molecule has 3 rings (SSSR count). The summed E-state index contributed by atoms with van der Waals surface area (Å²) in [6.45, 7) is 1.47. The maximum absolute atomic E-state index is 12.7. The average molecular weight is 669 g/mol. The van der Waals surface area contributed by atoms with E-state index in [1.165, 1.54) is 0 Å². The van der Waals surface area contributed by atoms with E-state index in [1.54, 1.807) is 31.4 Å². The van der Waals surface area contributed by atoms with Crippen LogP contribution in [0.3, 0.4) is 0 Å². The second kappa shape index (κ2) is 9.88. The number of carbonyl (C=O) groups excluding carboxylic acids is 3. The van der Waals surface area contributed by atoms with Crippen molar-refractivity contribution in [3.05, 3.63) is 58.5 Å². The Labute approximate surface area is 210 Å². The van der Waals surface area contributed by atoms with Gasteiger partial charge in [0.05, 0.1) is 15.6 Å². The number of anilines is 1. The summed E-state index contributed by atoms with van der Waals surface area (Å²) in [6.07, 6.45) is 1.62. The van der Waals surface area contributed by atoms with Crippen molar-refractivity contribution in [2.45, 2.75) is 6.92 Å². The third-order valence-corrected chi connectivity index (χ3v) is 6.90. The lowest BCUT2D eigenvalue weighted by atomic mass is 10.2. The summed E-state index contributed by atoms with van der Waals surface area (Å²) in [6, 6.07) is 8.91. The van der Waals surface area contributed by atoms with Crippen LogP contribution in [0.5, 0.6) is 5.75 Å². The van der Waals surface area contributed by atoms with Gasteiger partial charge in [0.1, 0.15) is 12.3 Å². The van der Waals surface area contributed by atoms with Gasteiger partial charge in [-0.25, -0.2) is 0 Å². The van der Waals surface area contributed by atoms with E-state index in [4.69, 9.17) is 16.3 Å². The molecule has 0 aromatic heterocycles. The molecule has 1 heterocycles. The number of amides is 3. The molecule has 0 unspecified atom stereocenters. The van der Waals surface area contributed by atoms with E-state index in [2.05, 4.69) is 50.5 Å². The Morgan fingerprint density at radius 2 is 2.00 bits per heavy atom. The quantitative estimate of drug-likeness (QED) is 0.335. The summed E-state index contributed by atoms with van der Waals surface area (Å²) in [4.78, 5) is 38.6. The lowest BCUT2D eigenvalue weighted by molar-refractivity contribution is -0.127. The average Bonchev–Trinajstić information content (AvgIpc) is 2.92. The topological polar surface area (TPSA) is 75.7 Å². The fraction of sp³-hybridized carbons (Fsp3) is 0.150. The van der Waals surface area contributed by atoms with Crippen LogP contribution in [-0.2, 0) is 9.59 Å². The Balaban J connectivity index is 1.77. The molecule has 0 bridgehead atoms. The van der Waals surface area contributed by atoms with Crippen LogP contribution in [0, 0.1) is 14.1 Å². The van der Waals surface area contributed by atoms with Crippen LogP contribution in [-0.4, -0.2) is 35.6 Å². The largest absolute Gasteiger partial charge is 0.495 e. The molecular formula is C20H15ClI2N2O4S. The van der Waals surface area contributed by atoms with Crippen LogP contribution in [0.1, 0.15) is 11.1 Å². The smallest absolute Gasteiger partial charge is 0.294 e. The van der Waals surface area contributed by atoms with E-state index < -0.39 is 17.1 Å². The Morgan fingerprint density at radius 1 is 1.27 bits per heavy atom. The first-order chi connectivity index (χ1) is 14.2. The summed E-state index contributed by atoms with van der Waals surface area (Å²) >= 11 is 11.2. The molecule has 0 saturated carbocycles. The minimum Gasteiger partial charge on any atom is -0.495 e. The Kier molecular flexibility index (Phi) is 7.69. The van der Waals surface area contributed by atoms with Crippen LogP contribution in [0.2, 0.25) is 5.02 Å². The first kappa shape index (κ1) is 23.4. The third kappa shape index (κ3) is 5.29. The first-order valence-electron chi connectivity index (χ1n) is 8.54. The van der Waals surface area contributed by atoms with E-state index in [0.29, 0.717) is 22.0 Å². The summed E-state index contributed by atoms with van der Waals surface area (Å²) in [5, 5.41) is 2.67. The van der Waals surface area contributed by atoms with Gasteiger partial charge in [-0.1, -0.05) is 17.7 Å². The lowest BCUT2D eigenvalue weighted by Gasteiger charge is -2.13. The SMILES string of the molecule is COc1c(I)cc(I)cc1/C=C1/SC(=O)N(CC(=O)Nc2ccc(C)c(Cl)c2)C1=O. The minimum absolute atomic E-state index is 0.238. The molecule has 10 heteroatoms. The monoisotopic (exact) mass is 668 g/mol. The Morgan fingerprint density at radius 3 is 2.67 bits per heavy atom. The minimum atomic E-state index is -0.516. The number of imide groups is 1. The number of ether oxygens (including phenoxy) is 1. The van der Waals surface area contributed by atoms with Crippen LogP contribution in [0.15, 0.2) is 35.2 Å². The van der Waals surface area contributed by atoms with E-state index in [-0.39, 0.29) is 11.4 Å². The normalized spacial score (nSPS) is 15.1. The number of aryl methyl sites for hydroxylation is 1. The van der Waals surface area contributed by atoms with Gasteiger partial charge < -0.3 is 10.1 Å². The van der Waals surface area contributed by atoms with Gasteiger partial charge in [-0.2, -0.15) is 0 Å². The summed E-state index contributed by atoms with van der Waals surface area (Å²) in [7, 11) is 1.55. The van der Waals surface area contributed by atoms with Crippen LogP contribution >= 0.6 is 68.5 Å². The summed E-state index contributed by atoms with van der Waals surface area (Å²) in [5.74, 6) is -0.380. The maximum atomic E-state index is 12.7. The molecule has 156 valence electrons. The molecule has 30 heavy (non-hydrogen) atoms. The van der Waals surface area contributed by atoms with Crippen LogP contribution in [0.25, 0.3) is 6.08 Å². The molecule has 1 aliphatic rings. The zero-order valence-electron chi connectivity index (χ0n) is 15.8. The Hall–Kier alpha value is -1.31. The first-order valence-corrected chi connectivity index (χ1v) is 11.9. The number of nitrogens with zero attached hydrogens (tertiary/aromatic N) is 1. The fourth-order valence-electron chi connectivity index (χ4n) is 2.70. The number of methoxy groups -OCH3 is 1. The van der Waals surface area contributed by atoms with E-state index >= 15 is 0 Å². The molecule has 1 aliphatic heterocycles. The molecule has 6 nitrogen and oxygen atoms in total. The van der Waals surface area contributed by atoms with E-state index in [9.17, 15) is 14.4 Å². The highest BCUT2D eigenvalue weighted by Crippen LogP contribution is 2.36. The van der Waals surface area contributed by atoms with Gasteiger partial charge in [0.15, 0.2) is 0 Å². The van der Waals surface area contributed by atoms with Crippen molar-refractivity contribution in [1.29, 1.82) is 0 Å². The second-order valence-corrected chi connectivity index (χ2v) is 10.1. The summed E-state index contributed by atoms with van der Waals surface area (Å²) < 4.78 is 7.29. The number of thioether (sulfide) groups is 1. The fourth-order valence-corrected chi connectivity index (χ4v) is 5.81. The standard InChI is InChI=1S/C20H15ClI2N2O4S/c1-10-3-4-13(8-14(10)21)24-17(26)9-25-19(27)16(30-20(25)28)6-11-5-12(22)7-15(23)18(11)29-2/h3-8H,9H2,1-2H3,(H,24,26)/b16-6+. The molecule has 2 aromatic rings. The van der Waals surface area contributed by atoms with Crippen molar-refractivity contribution in [1.82, 2.24) is 4.90 Å². The highest BCUT2D eigenvalue weighted by molar-refractivity contribution is 14.1. The van der Waals surface area contributed by atoms with E-state index in [1.807, 2.05) is 19.1 Å². The van der Waals surface area contributed by atoms with Gasteiger partial charge in [0, 0.05) is 19.8 Å².